The predicted molar refractivity (Wildman–Crippen MR) is 42.4 cm³/mol. The Labute approximate surface area is 62.3 Å². The molecule has 0 aromatic heterocycles. The highest BCUT2D eigenvalue weighted by atomic mass is 16.5. The lowest BCUT2D eigenvalue weighted by Gasteiger charge is -2.08. The summed E-state index contributed by atoms with van der Waals surface area (Å²) in [6.07, 6.45) is 2.49. The number of aliphatic imine (C=N–C) groups is 1. The summed E-state index contributed by atoms with van der Waals surface area (Å²) in [7, 11) is 0. The topological polar surface area (TPSA) is 21.6 Å². The number of ether oxygens (including phenoxy) is 1. The van der Waals surface area contributed by atoms with Crippen LogP contribution in [0.2, 0.25) is 0 Å². The van der Waals surface area contributed by atoms with Gasteiger partial charge < -0.3 is 4.74 Å². The van der Waals surface area contributed by atoms with Crippen molar-refractivity contribution >= 4 is 5.71 Å². The van der Waals surface area contributed by atoms with Crippen molar-refractivity contribution in [3.05, 3.63) is 0 Å². The fraction of sp³-hybridized carbons (Fsp3) is 0.875. The van der Waals surface area contributed by atoms with Crippen molar-refractivity contribution in [3.63, 3.8) is 0 Å². The Bertz CT molecular complexity index is 142. The third kappa shape index (κ3) is 1.37. The van der Waals surface area contributed by atoms with E-state index in [1.807, 2.05) is 6.92 Å². The molecule has 1 rings (SSSR count). The molecule has 1 heterocycles. The quantitative estimate of drug-likeness (QED) is 0.576. The smallest absolute Gasteiger partial charge is 0.146 e. The number of nitrogens with zero attached hydrogens (tertiary/aromatic N) is 1. The summed E-state index contributed by atoms with van der Waals surface area (Å²) in [5.74, 6) is 0. The summed E-state index contributed by atoms with van der Waals surface area (Å²) < 4.78 is 5.51. The molecule has 2 unspecified atom stereocenters. The summed E-state index contributed by atoms with van der Waals surface area (Å²) in [4.78, 5) is 4.35. The molecule has 1 aliphatic heterocycles. The van der Waals surface area contributed by atoms with Gasteiger partial charge in [-0.3, -0.25) is 4.99 Å². The summed E-state index contributed by atoms with van der Waals surface area (Å²) in [6.45, 7) is 6.25. The van der Waals surface area contributed by atoms with Crippen LogP contribution in [0.5, 0.6) is 0 Å². The van der Waals surface area contributed by atoms with Crippen LogP contribution in [0, 0.1) is 0 Å². The van der Waals surface area contributed by atoms with Crippen molar-refractivity contribution < 1.29 is 4.74 Å². The van der Waals surface area contributed by atoms with Gasteiger partial charge in [-0.2, -0.15) is 0 Å². The first kappa shape index (κ1) is 7.73. The molecule has 2 heteroatoms. The molecule has 58 valence electrons. The van der Waals surface area contributed by atoms with E-state index in [-0.39, 0.29) is 6.23 Å². The second-order valence-corrected chi connectivity index (χ2v) is 2.61. The Hall–Kier alpha value is -0.370. The van der Waals surface area contributed by atoms with E-state index in [9.17, 15) is 0 Å². The van der Waals surface area contributed by atoms with E-state index >= 15 is 0 Å². The van der Waals surface area contributed by atoms with E-state index in [1.54, 1.807) is 0 Å². The standard InChI is InChI=1S/C8H15NO/c1-4-7-8(5-2)10-6(3)9-7/h6,8H,4-5H2,1-3H3. The molecule has 2 nitrogen and oxygen atoms in total. The lowest BCUT2D eigenvalue weighted by Crippen LogP contribution is -2.17. The van der Waals surface area contributed by atoms with Crippen molar-refractivity contribution in [1.29, 1.82) is 0 Å². The van der Waals surface area contributed by atoms with Crippen molar-refractivity contribution in [2.45, 2.75) is 45.9 Å². The fourth-order valence-electron chi connectivity index (χ4n) is 1.31. The zero-order valence-corrected chi connectivity index (χ0v) is 6.92. The third-order valence-electron chi connectivity index (χ3n) is 1.81. The second-order valence-electron chi connectivity index (χ2n) is 2.61. The molecule has 2 atom stereocenters. The number of hydrogen-bond donors (Lipinski definition) is 0. The van der Waals surface area contributed by atoms with Crippen LogP contribution < -0.4 is 0 Å². The van der Waals surface area contributed by atoms with Crippen molar-refractivity contribution in [2.24, 2.45) is 4.99 Å². The minimum atomic E-state index is 0.0971. The highest BCUT2D eigenvalue weighted by molar-refractivity contribution is 5.89. The Morgan fingerprint density at radius 2 is 2.20 bits per heavy atom. The van der Waals surface area contributed by atoms with Gasteiger partial charge in [-0.25, -0.2) is 0 Å². The minimum Gasteiger partial charge on any atom is -0.348 e. The largest absolute Gasteiger partial charge is 0.348 e. The van der Waals surface area contributed by atoms with Gasteiger partial charge in [0, 0.05) is 5.71 Å². The van der Waals surface area contributed by atoms with Crippen molar-refractivity contribution in [2.75, 3.05) is 0 Å². The van der Waals surface area contributed by atoms with Gasteiger partial charge in [0.1, 0.15) is 6.23 Å². The SMILES string of the molecule is CCC1=NC(C)OC1CC. The highest BCUT2D eigenvalue weighted by Crippen LogP contribution is 2.16. The first-order chi connectivity index (χ1) is 4.77. The van der Waals surface area contributed by atoms with Crippen LogP contribution in [0.15, 0.2) is 4.99 Å². The third-order valence-corrected chi connectivity index (χ3v) is 1.81. The van der Waals surface area contributed by atoms with Crippen molar-refractivity contribution in [1.82, 2.24) is 0 Å². The fourth-order valence-corrected chi connectivity index (χ4v) is 1.31. The van der Waals surface area contributed by atoms with E-state index in [2.05, 4.69) is 18.8 Å². The molecular weight excluding hydrogens is 126 g/mol. The zero-order valence-electron chi connectivity index (χ0n) is 6.92. The van der Waals surface area contributed by atoms with Crippen LogP contribution in [-0.4, -0.2) is 18.0 Å². The maximum absolute atomic E-state index is 5.51. The molecule has 0 amide bonds. The molecule has 1 aliphatic rings. The average molecular weight is 141 g/mol. The molecule has 10 heavy (non-hydrogen) atoms. The molecule has 0 aromatic rings. The monoisotopic (exact) mass is 141 g/mol. The molecule has 0 N–H and O–H groups in total. The first-order valence-electron chi connectivity index (χ1n) is 4.00. The van der Waals surface area contributed by atoms with Crippen LogP contribution in [0.25, 0.3) is 0 Å². The van der Waals surface area contributed by atoms with Crippen LogP contribution >= 0.6 is 0 Å². The van der Waals surface area contributed by atoms with Crippen LogP contribution in [-0.2, 0) is 4.74 Å². The van der Waals surface area contributed by atoms with Gasteiger partial charge in [0.05, 0.1) is 6.10 Å². The van der Waals surface area contributed by atoms with Gasteiger partial charge in [0.2, 0.25) is 0 Å². The van der Waals surface area contributed by atoms with Gasteiger partial charge >= 0.3 is 0 Å². The van der Waals surface area contributed by atoms with Crippen LogP contribution in [0.1, 0.15) is 33.6 Å². The summed E-state index contributed by atoms with van der Waals surface area (Å²) in [6, 6.07) is 0. The molecule has 0 aliphatic carbocycles. The second kappa shape index (κ2) is 3.15. The van der Waals surface area contributed by atoms with Crippen LogP contribution in [0.4, 0.5) is 0 Å². The number of rotatable bonds is 2. The van der Waals surface area contributed by atoms with Gasteiger partial charge in [0.15, 0.2) is 0 Å². The van der Waals surface area contributed by atoms with E-state index in [0.717, 1.165) is 12.8 Å². The first-order valence-corrected chi connectivity index (χ1v) is 4.00. The molecule has 0 bridgehead atoms. The minimum absolute atomic E-state index is 0.0971. The van der Waals surface area contributed by atoms with E-state index in [1.165, 1.54) is 5.71 Å². The van der Waals surface area contributed by atoms with Crippen LogP contribution in [0.3, 0.4) is 0 Å². The van der Waals surface area contributed by atoms with Crippen molar-refractivity contribution in [3.8, 4) is 0 Å². The van der Waals surface area contributed by atoms with Gasteiger partial charge in [0.25, 0.3) is 0 Å². The summed E-state index contributed by atoms with van der Waals surface area (Å²) in [5, 5.41) is 0. The predicted octanol–water partition coefficient (Wildman–Crippen LogP) is 1.99. The average Bonchev–Trinajstić information content (AvgIpc) is 2.30. The Balaban J connectivity index is 2.56. The van der Waals surface area contributed by atoms with Gasteiger partial charge in [-0.1, -0.05) is 13.8 Å². The molecule has 0 spiro atoms. The molecule has 0 fully saturated rings. The Kier molecular flexibility index (Phi) is 2.44. The van der Waals surface area contributed by atoms with E-state index < -0.39 is 0 Å². The lowest BCUT2D eigenvalue weighted by atomic mass is 10.1. The lowest BCUT2D eigenvalue weighted by molar-refractivity contribution is 0.0603. The molecule has 0 radical (unpaired) electrons. The summed E-state index contributed by atoms with van der Waals surface area (Å²) >= 11 is 0. The maximum Gasteiger partial charge on any atom is 0.146 e. The zero-order chi connectivity index (χ0) is 7.56. The normalized spacial score (nSPS) is 32.5. The maximum atomic E-state index is 5.51. The Morgan fingerprint density at radius 1 is 1.50 bits per heavy atom. The molecular formula is C8H15NO. The van der Waals surface area contributed by atoms with Gasteiger partial charge in [-0.15, -0.1) is 0 Å². The molecule has 0 saturated heterocycles. The Morgan fingerprint density at radius 3 is 2.60 bits per heavy atom. The van der Waals surface area contributed by atoms with E-state index in [0.29, 0.717) is 6.10 Å². The number of hydrogen-bond acceptors (Lipinski definition) is 2. The van der Waals surface area contributed by atoms with Gasteiger partial charge in [-0.05, 0) is 19.8 Å². The highest BCUT2D eigenvalue weighted by Gasteiger charge is 2.22. The summed E-state index contributed by atoms with van der Waals surface area (Å²) in [5.41, 5.74) is 1.23. The van der Waals surface area contributed by atoms with E-state index in [4.69, 9.17) is 4.74 Å². The molecule has 0 saturated carbocycles. The molecule has 0 aromatic carbocycles.